The van der Waals surface area contributed by atoms with Crippen molar-refractivity contribution in [1.82, 2.24) is 15.3 Å². The molecule has 0 atom stereocenters. The molecule has 2 aromatic carbocycles. The zero-order valence-electron chi connectivity index (χ0n) is 20.4. The van der Waals surface area contributed by atoms with E-state index in [1.807, 2.05) is 24.3 Å². The van der Waals surface area contributed by atoms with Crippen LogP contribution in [-0.2, 0) is 11.2 Å². The van der Waals surface area contributed by atoms with Gasteiger partial charge in [-0.3, -0.25) is 9.59 Å². The highest BCUT2D eigenvalue weighted by Crippen LogP contribution is 2.29. The largest absolute Gasteiger partial charge is 0.504 e. The van der Waals surface area contributed by atoms with Gasteiger partial charge in [0.15, 0.2) is 11.4 Å². The smallest absolute Gasteiger partial charge is 0.322 e. The monoisotopic (exact) mass is 490 g/mol. The number of aryl methyl sites for hydroxylation is 1. The summed E-state index contributed by atoms with van der Waals surface area (Å²) < 4.78 is 5.23. The standard InChI is InChI=1S/C27H30N4O5/c1-17-26(34)25(27(35)28-16-24(32)33)30-23(29-17)15-18-11-13-31(14-12-18)21-7-3-19(4-8-21)20-5-9-22(36-2)10-6-20/h3-10,18,34H,11-16H2,1-2H3,(H,28,35)(H,32,33). The average Bonchev–Trinajstić information content (AvgIpc) is 2.90. The van der Waals surface area contributed by atoms with Crippen LogP contribution in [0.2, 0.25) is 0 Å². The maximum Gasteiger partial charge on any atom is 0.322 e. The predicted octanol–water partition coefficient (Wildman–Crippen LogP) is 3.44. The van der Waals surface area contributed by atoms with Gasteiger partial charge in [-0.05, 0) is 61.1 Å². The second kappa shape index (κ2) is 11.1. The zero-order valence-corrected chi connectivity index (χ0v) is 20.4. The van der Waals surface area contributed by atoms with E-state index in [1.54, 1.807) is 14.0 Å². The second-order valence-electron chi connectivity index (χ2n) is 8.91. The maximum absolute atomic E-state index is 12.3. The molecule has 1 aliphatic rings. The Hall–Kier alpha value is -4.14. The first-order valence-electron chi connectivity index (χ1n) is 11.9. The highest BCUT2D eigenvalue weighted by molar-refractivity contribution is 5.96. The number of carboxylic acids is 1. The summed E-state index contributed by atoms with van der Waals surface area (Å²) in [7, 11) is 1.66. The summed E-state index contributed by atoms with van der Waals surface area (Å²) >= 11 is 0. The van der Waals surface area contributed by atoms with Gasteiger partial charge >= 0.3 is 5.97 Å². The molecule has 0 bridgehead atoms. The number of nitrogens with one attached hydrogen (secondary N) is 1. The van der Waals surface area contributed by atoms with Crippen molar-refractivity contribution in [2.24, 2.45) is 5.92 Å². The number of anilines is 1. The van der Waals surface area contributed by atoms with Crippen LogP contribution >= 0.6 is 0 Å². The van der Waals surface area contributed by atoms with E-state index in [4.69, 9.17) is 9.84 Å². The SMILES string of the molecule is COc1ccc(-c2ccc(N3CCC(Cc4nc(C)c(O)c(C(=O)NCC(=O)O)n4)CC3)cc2)cc1. The number of ether oxygens (including phenoxy) is 1. The molecule has 1 amide bonds. The number of carbonyl (C=O) groups excluding carboxylic acids is 1. The van der Waals surface area contributed by atoms with Crippen LogP contribution in [0.5, 0.6) is 11.5 Å². The maximum atomic E-state index is 12.3. The summed E-state index contributed by atoms with van der Waals surface area (Å²) in [6.07, 6.45) is 2.48. The van der Waals surface area contributed by atoms with Crippen molar-refractivity contribution in [3.63, 3.8) is 0 Å². The molecule has 3 N–H and O–H groups in total. The first-order valence-corrected chi connectivity index (χ1v) is 11.9. The van der Waals surface area contributed by atoms with E-state index in [0.29, 0.717) is 23.9 Å². The normalized spacial score (nSPS) is 13.9. The molecular formula is C27H30N4O5. The van der Waals surface area contributed by atoms with Gasteiger partial charge in [0.25, 0.3) is 5.91 Å². The fourth-order valence-electron chi connectivity index (χ4n) is 4.42. The Morgan fingerprint density at radius 2 is 1.64 bits per heavy atom. The molecular weight excluding hydrogens is 460 g/mol. The number of methoxy groups -OCH3 is 1. The van der Waals surface area contributed by atoms with Crippen LogP contribution in [0, 0.1) is 12.8 Å². The number of nitrogens with zero attached hydrogens (tertiary/aromatic N) is 3. The molecule has 4 rings (SSSR count). The summed E-state index contributed by atoms with van der Waals surface area (Å²) in [5.74, 6) is -0.560. The van der Waals surface area contributed by atoms with Gasteiger partial charge in [0, 0.05) is 25.2 Å². The summed E-state index contributed by atoms with van der Waals surface area (Å²) in [4.78, 5) is 34.0. The van der Waals surface area contributed by atoms with Crippen LogP contribution in [0.3, 0.4) is 0 Å². The molecule has 0 aliphatic carbocycles. The molecule has 9 nitrogen and oxygen atoms in total. The van der Waals surface area contributed by atoms with Gasteiger partial charge in [0.1, 0.15) is 18.1 Å². The Morgan fingerprint density at radius 3 is 2.22 bits per heavy atom. The Kier molecular flexibility index (Phi) is 7.68. The molecule has 0 radical (unpaired) electrons. The van der Waals surface area contributed by atoms with Gasteiger partial charge in [-0.2, -0.15) is 0 Å². The van der Waals surface area contributed by atoms with Crippen molar-refractivity contribution in [1.29, 1.82) is 0 Å². The van der Waals surface area contributed by atoms with Gasteiger partial charge in [-0.1, -0.05) is 24.3 Å². The molecule has 36 heavy (non-hydrogen) atoms. The number of carboxylic acid groups (broad SMARTS) is 1. The Balaban J connectivity index is 1.36. The highest BCUT2D eigenvalue weighted by atomic mass is 16.5. The van der Waals surface area contributed by atoms with Crippen molar-refractivity contribution >= 4 is 17.6 Å². The number of rotatable bonds is 8. The predicted molar refractivity (Wildman–Crippen MR) is 135 cm³/mol. The molecule has 1 aliphatic heterocycles. The Morgan fingerprint density at radius 1 is 1.03 bits per heavy atom. The van der Waals surface area contributed by atoms with Crippen molar-refractivity contribution < 1.29 is 24.5 Å². The molecule has 9 heteroatoms. The summed E-state index contributed by atoms with van der Waals surface area (Å²) in [5, 5.41) is 21.2. The molecule has 0 spiro atoms. The molecule has 188 valence electrons. The average molecular weight is 491 g/mol. The lowest BCUT2D eigenvalue weighted by Gasteiger charge is -2.33. The van der Waals surface area contributed by atoms with Gasteiger partial charge in [-0.25, -0.2) is 9.97 Å². The Labute approximate surface area is 209 Å². The first kappa shape index (κ1) is 25.0. The van der Waals surface area contributed by atoms with E-state index >= 15 is 0 Å². The summed E-state index contributed by atoms with van der Waals surface area (Å²) in [5.41, 5.74) is 3.59. The summed E-state index contributed by atoms with van der Waals surface area (Å²) in [6.45, 7) is 2.86. The molecule has 1 fully saturated rings. The minimum Gasteiger partial charge on any atom is -0.504 e. The zero-order chi connectivity index (χ0) is 25.7. The van der Waals surface area contributed by atoms with Crippen LogP contribution in [0.1, 0.15) is 34.8 Å². The minimum atomic E-state index is -1.17. The molecule has 0 unspecified atom stereocenters. The third-order valence-corrected chi connectivity index (χ3v) is 6.46. The second-order valence-corrected chi connectivity index (χ2v) is 8.91. The van der Waals surface area contributed by atoms with E-state index < -0.39 is 18.4 Å². The van der Waals surface area contributed by atoms with Gasteiger partial charge in [0.2, 0.25) is 0 Å². The van der Waals surface area contributed by atoms with E-state index in [-0.39, 0.29) is 11.4 Å². The van der Waals surface area contributed by atoms with Crippen molar-refractivity contribution in [2.45, 2.75) is 26.2 Å². The van der Waals surface area contributed by atoms with E-state index in [0.717, 1.165) is 42.8 Å². The lowest BCUT2D eigenvalue weighted by molar-refractivity contribution is -0.135. The highest BCUT2D eigenvalue weighted by Gasteiger charge is 2.23. The van der Waals surface area contributed by atoms with Crippen LogP contribution < -0.4 is 15.0 Å². The molecule has 1 aromatic heterocycles. The number of aliphatic carboxylic acids is 1. The van der Waals surface area contributed by atoms with E-state index in [2.05, 4.69) is 44.5 Å². The molecule has 0 saturated carbocycles. The number of hydrogen-bond acceptors (Lipinski definition) is 7. The number of benzene rings is 2. The number of amides is 1. The van der Waals surface area contributed by atoms with Gasteiger partial charge < -0.3 is 25.2 Å². The van der Waals surface area contributed by atoms with Crippen LogP contribution in [0.25, 0.3) is 11.1 Å². The van der Waals surface area contributed by atoms with Gasteiger partial charge in [0.05, 0.1) is 12.8 Å². The van der Waals surface area contributed by atoms with Gasteiger partial charge in [-0.15, -0.1) is 0 Å². The van der Waals surface area contributed by atoms with E-state index in [9.17, 15) is 14.7 Å². The lowest BCUT2D eigenvalue weighted by Crippen LogP contribution is -2.34. The fraction of sp³-hybridized carbons (Fsp3) is 0.333. The summed E-state index contributed by atoms with van der Waals surface area (Å²) in [6, 6.07) is 16.6. The quantitative estimate of drug-likeness (QED) is 0.439. The fourth-order valence-corrected chi connectivity index (χ4v) is 4.42. The number of carbonyl (C=O) groups is 2. The molecule has 1 saturated heterocycles. The number of aromatic hydroxyl groups is 1. The number of hydrogen-bond donors (Lipinski definition) is 3. The van der Waals surface area contributed by atoms with Crippen molar-refractivity contribution in [3.05, 3.63) is 65.7 Å². The number of piperidine rings is 1. The Bertz CT molecular complexity index is 1220. The van der Waals surface area contributed by atoms with Crippen molar-refractivity contribution in [3.8, 4) is 22.6 Å². The van der Waals surface area contributed by atoms with Crippen molar-refractivity contribution in [2.75, 3.05) is 31.6 Å². The van der Waals surface area contributed by atoms with E-state index in [1.165, 1.54) is 5.69 Å². The third kappa shape index (κ3) is 5.91. The number of aromatic nitrogens is 2. The van der Waals surface area contributed by atoms with Crippen LogP contribution in [0.4, 0.5) is 5.69 Å². The molecule has 3 aromatic rings. The third-order valence-electron chi connectivity index (χ3n) is 6.46. The topological polar surface area (TPSA) is 125 Å². The lowest BCUT2D eigenvalue weighted by atomic mass is 9.92. The van der Waals surface area contributed by atoms with Crippen LogP contribution in [0.15, 0.2) is 48.5 Å². The molecule has 2 heterocycles. The minimum absolute atomic E-state index is 0.187. The first-order chi connectivity index (χ1) is 17.3. The van der Waals surface area contributed by atoms with Crippen LogP contribution in [-0.4, -0.2) is 58.8 Å².